The summed E-state index contributed by atoms with van der Waals surface area (Å²) in [7, 11) is 0. The monoisotopic (exact) mass is 303 g/mol. The molecule has 2 rings (SSSR count). The molecule has 0 spiro atoms. The lowest BCUT2D eigenvalue weighted by Crippen LogP contribution is -2.45. The molecular formula is C17H22FN3O. The highest BCUT2D eigenvalue weighted by molar-refractivity contribution is 5.79. The molecule has 0 saturated carbocycles. The average Bonchev–Trinajstić information content (AvgIpc) is 2.52. The number of hydrogen-bond acceptors (Lipinski definition) is 3. The summed E-state index contributed by atoms with van der Waals surface area (Å²) in [6.45, 7) is 4.10. The highest BCUT2D eigenvalue weighted by atomic mass is 19.1. The topological polar surface area (TPSA) is 56.1 Å². The molecule has 0 radical (unpaired) electrons. The van der Waals surface area contributed by atoms with Gasteiger partial charge < -0.3 is 5.32 Å². The van der Waals surface area contributed by atoms with Gasteiger partial charge in [-0.3, -0.25) is 9.69 Å². The molecule has 1 aliphatic rings. The summed E-state index contributed by atoms with van der Waals surface area (Å²) in [5.74, 6) is -0.370. The number of hydrogen-bond donors (Lipinski definition) is 1. The first-order chi connectivity index (χ1) is 10.6. The lowest BCUT2D eigenvalue weighted by molar-refractivity contribution is -0.127. The number of nitriles is 1. The van der Waals surface area contributed by atoms with Crippen molar-refractivity contribution in [2.24, 2.45) is 5.92 Å². The number of nitrogens with one attached hydrogen (secondary N) is 1. The highest BCUT2D eigenvalue weighted by Gasteiger charge is 2.26. The Kier molecular flexibility index (Phi) is 5.91. The number of carbonyl (C=O) groups excluding carboxylic acids is 1. The molecule has 2 atom stereocenters. The Labute approximate surface area is 130 Å². The van der Waals surface area contributed by atoms with Crippen LogP contribution < -0.4 is 5.32 Å². The van der Waals surface area contributed by atoms with Crippen molar-refractivity contribution in [3.8, 4) is 6.07 Å². The van der Waals surface area contributed by atoms with Crippen LogP contribution in [-0.2, 0) is 11.3 Å². The molecule has 0 unspecified atom stereocenters. The number of carbonyl (C=O) groups is 1. The van der Waals surface area contributed by atoms with Crippen LogP contribution in [0.2, 0.25) is 0 Å². The zero-order valence-electron chi connectivity index (χ0n) is 12.9. The molecule has 1 heterocycles. The Morgan fingerprint density at radius 3 is 3.09 bits per heavy atom. The van der Waals surface area contributed by atoms with Gasteiger partial charge >= 0.3 is 0 Å². The fraction of sp³-hybridized carbons (Fsp3) is 0.529. The van der Waals surface area contributed by atoms with Crippen molar-refractivity contribution < 1.29 is 9.18 Å². The minimum Gasteiger partial charge on any atom is -0.340 e. The smallest absolute Gasteiger partial charge is 0.225 e. The maximum Gasteiger partial charge on any atom is 0.225 e. The van der Waals surface area contributed by atoms with Crippen LogP contribution in [0.4, 0.5) is 4.39 Å². The third kappa shape index (κ3) is 4.54. The molecule has 1 fully saturated rings. The molecule has 1 N–H and O–H groups in total. The van der Waals surface area contributed by atoms with Gasteiger partial charge in [-0.1, -0.05) is 19.1 Å². The molecule has 22 heavy (non-hydrogen) atoms. The number of amides is 1. The summed E-state index contributed by atoms with van der Waals surface area (Å²) in [5.41, 5.74) is 0.921. The van der Waals surface area contributed by atoms with E-state index in [1.165, 1.54) is 12.1 Å². The maximum absolute atomic E-state index is 13.2. The van der Waals surface area contributed by atoms with E-state index in [2.05, 4.69) is 16.3 Å². The first-order valence-corrected chi connectivity index (χ1v) is 7.79. The Balaban J connectivity index is 1.91. The lowest BCUT2D eigenvalue weighted by Gasteiger charge is -2.32. The van der Waals surface area contributed by atoms with E-state index < -0.39 is 6.04 Å². The molecule has 1 saturated heterocycles. The number of rotatable bonds is 5. The van der Waals surface area contributed by atoms with Gasteiger partial charge in [-0.25, -0.2) is 4.39 Å². The van der Waals surface area contributed by atoms with Gasteiger partial charge in [-0.15, -0.1) is 0 Å². The van der Waals surface area contributed by atoms with Gasteiger partial charge in [0.25, 0.3) is 0 Å². The minimum atomic E-state index is -0.411. The van der Waals surface area contributed by atoms with Crippen molar-refractivity contribution in [1.82, 2.24) is 10.2 Å². The number of likely N-dealkylation sites (tertiary alicyclic amines) is 1. The number of nitrogens with zero attached hydrogens (tertiary/aromatic N) is 2. The van der Waals surface area contributed by atoms with E-state index in [-0.39, 0.29) is 17.6 Å². The minimum absolute atomic E-state index is 0.0441. The first kappa shape index (κ1) is 16.4. The van der Waals surface area contributed by atoms with E-state index in [4.69, 9.17) is 5.26 Å². The zero-order chi connectivity index (χ0) is 15.9. The Morgan fingerprint density at radius 1 is 1.59 bits per heavy atom. The van der Waals surface area contributed by atoms with Crippen LogP contribution in [0.25, 0.3) is 0 Å². The average molecular weight is 303 g/mol. The van der Waals surface area contributed by atoms with Gasteiger partial charge in [-0.05, 0) is 43.5 Å². The van der Waals surface area contributed by atoms with Gasteiger partial charge in [0.1, 0.15) is 11.9 Å². The van der Waals surface area contributed by atoms with Crippen molar-refractivity contribution in [2.75, 3.05) is 13.1 Å². The van der Waals surface area contributed by atoms with Gasteiger partial charge in [0, 0.05) is 13.1 Å². The third-order valence-electron chi connectivity index (χ3n) is 4.05. The summed E-state index contributed by atoms with van der Waals surface area (Å²) < 4.78 is 13.2. The van der Waals surface area contributed by atoms with Crippen molar-refractivity contribution in [3.05, 3.63) is 35.6 Å². The second-order valence-corrected chi connectivity index (χ2v) is 5.80. The number of piperidine rings is 1. The quantitative estimate of drug-likeness (QED) is 0.909. The van der Waals surface area contributed by atoms with Crippen LogP contribution in [0.1, 0.15) is 31.7 Å². The summed E-state index contributed by atoms with van der Waals surface area (Å²) >= 11 is 0. The normalized spacial score (nSPS) is 20.1. The summed E-state index contributed by atoms with van der Waals surface area (Å²) in [6, 6.07) is 8.25. The second-order valence-electron chi connectivity index (χ2n) is 5.80. The van der Waals surface area contributed by atoms with Crippen LogP contribution >= 0.6 is 0 Å². The van der Waals surface area contributed by atoms with Crippen molar-refractivity contribution >= 4 is 5.91 Å². The van der Waals surface area contributed by atoms with Gasteiger partial charge in [0.05, 0.1) is 12.0 Å². The second kappa shape index (κ2) is 7.90. The number of benzene rings is 1. The van der Waals surface area contributed by atoms with Crippen molar-refractivity contribution in [2.45, 2.75) is 38.8 Å². The first-order valence-electron chi connectivity index (χ1n) is 7.79. The fourth-order valence-corrected chi connectivity index (χ4v) is 2.82. The Hall–Kier alpha value is -1.93. The van der Waals surface area contributed by atoms with E-state index in [0.29, 0.717) is 19.5 Å². The van der Waals surface area contributed by atoms with Crippen LogP contribution in [0.5, 0.6) is 0 Å². The SMILES string of the molecule is CC[C@H](C#N)NC(=O)[C@H]1CCCN(Cc2cccc(F)c2)C1. The van der Waals surface area contributed by atoms with Crippen LogP contribution in [0, 0.1) is 23.1 Å². The standard InChI is InChI=1S/C17H22FN3O/c1-2-16(10-19)20-17(22)14-6-4-8-21(12-14)11-13-5-3-7-15(18)9-13/h3,5,7,9,14,16H,2,4,6,8,11-12H2,1H3,(H,20,22)/t14-,16+/m0/s1. The predicted molar refractivity (Wildman–Crippen MR) is 82.2 cm³/mol. The van der Waals surface area contributed by atoms with E-state index >= 15 is 0 Å². The van der Waals surface area contributed by atoms with Gasteiger partial charge in [0.2, 0.25) is 5.91 Å². The molecule has 0 aromatic heterocycles. The third-order valence-corrected chi connectivity index (χ3v) is 4.05. The van der Waals surface area contributed by atoms with Gasteiger partial charge in [0.15, 0.2) is 0 Å². The van der Waals surface area contributed by atoms with Gasteiger partial charge in [-0.2, -0.15) is 5.26 Å². The molecule has 0 bridgehead atoms. The molecule has 0 aliphatic carbocycles. The lowest BCUT2D eigenvalue weighted by atomic mass is 9.96. The molecule has 4 nitrogen and oxygen atoms in total. The summed E-state index contributed by atoms with van der Waals surface area (Å²) in [5, 5.41) is 11.7. The Bertz CT molecular complexity index is 555. The summed E-state index contributed by atoms with van der Waals surface area (Å²) in [6.07, 6.45) is 2.39. The van der Waals surface area contributed by atoms with Crippen molar-refractivity contribution in [1.29, 1.82) is 5.26 Å². The van der Waals surface area contributed by atoms with Crippen molar-refractivity contribution in [3.63, 3.8) is 0 Å². The molecule has 5 heteroatoms. The zero-order valence-corrected chi connectivity index (χ0v) is 12.9. The largest absolute Gasteiger partial charge is 0.340 e. The fourth-order valence-electron chi connectivity index (χ4n) is 2.82. The molecule has 1 aliphatic heterocycles. The van der Waals surface area contributed by atoms with E-state index in [0.717, 1.165) is 24.9 Å². The molecule has 118 valence electrons. The van der Waals surface area contributed by atoms with E-state index in [9.17, 15) is 9.18 Å². The van der Waals surface area contributed by atoms with E-state index in [1.54, 1.807) is 6.07 Å². The molecular weight excluding hydrogens is 281 g/mol. The van der Waals surface area contributed by atoms with Crippen LogP contribution in [0.3, 0.4) is 0 Å². The predicted octanol–water partition coefficient (Wildman–Crippen LogP) is 2.46. The Morgan fingerprint density at radius 2 is 2.41 bits per heavy atom. The van der Waals surface area contributed by atoms with Crippen LogP contribution in [0.15, 0.2) is 24.3 Å². The summed E-state index contributed by atoms with van der Waals surface area (Å²) in [4.78, 5) is 14.4. The van der Waals surface area contributed by atoms with Crippen LogP contribution in [-0.4, -0.2) is 29.9 Å². The molecule has 1 amide bonds. The number of halogens is 1. The highest BCUT2D eigenvalue weighted by Crippen LogP contribution is 2.19. The molecule has 1 aromatic rings. The molecule has 1 aromatic carbocycles. The van der Waals surface area contributed by atoms with E-state index in [1.807, 2.05) is 13.0 Å². The maximum atomic E-state index is 13.2.